The molecule has 4 atom stereocenters. The molecule has 41 heavy (non-hydrogen) atoms. The number of hydrogen-bond donors (Lipinski definition) is 2. The minimum atomic E-state index is -2.10. The van der Waals surface area contributed by atoms with Crippen molar-refractivity contribution in [3.05, 3.63) is 53.1 Å². The molecule has 2 N–H and O–H groups in total. The summed E-state index contributed by atoms with van der Waals surface area (Å²) in [5.41, 5.74) is 0.408. The number of benzene rings is 2. The van der Waals surface area contributed by atoms with E-state index in [4.69, 9.17) is 16.3 Å². The van der Waals surface area contributed by atoms with Crippen LogP contribution in [0.2, 0.25) is 5.02 Å². The first-order chi connectivity index (χ1) is 19.6. The Kier molecular flexibility index (Phi) is 9.46. The maximum atomic E-state index is 15.1. The molecule has 3 aliphatic rings. The molecule has 2 bridgehead atoms. The zero-order valence-corrected chi connectivity index (χ0v) is 25.1. The van der Waals surface area contributed by atoms with Crippen LogP contribution in [-0.2, 0) is 15.8 Å². The van der Waals surface area contributed by atoms with Crippen molar-refractivity contribution in [2.24, 2.45) is 0 Å². The molecule has 3 heterocycles. The van der Waals surface area contributed by atoms with Gasteiger partial charge in [-0.3, -0.25) is 19.2 Å². The van der Waals surface area contributed by atoms with E-state index in [2.05, 4.69) is 27.0 Å². The van der Waals surface area contributed by atoms with Gasteiger partial charge in [-0.25, -0.2) is 18.5 Å². The number of hydroxylamine groups is 1. The van der Waals surface area contributed by atoms with E-state index in [9.17, 15) is 14.2 Å². The van der Waals surface area contributed by atoms with E-state index in [-0.39, 0.29) is 23.2 Å². The van der Waals surface area contributed by atoms with Gasteiger partial charge in [-0.05, 0) is 56.3 Å². The van der Waals surface area contributed by atoms with Gasteiger partial charge in [-0.2, -0.15) is 4.31 Å². The average molecular weight is 630 g/mol. The van der Waals surface area contributed by atoms with Crippen LogP contribution in [0.5, 0.6) is 11.5 Å². The second-order valence-corrected chi connectivity index (χ2v) is 14.3. The highest BCUT2D eigenvalue weighted by Gasteiger charge is 2.59. The molecule has 3 aliphatic heterocycles. The Balaban J connectivity index is 1.33. The predicted octanol–water partition coefficient (Wildman–Crippen LogP) is 3.32. The van der Waals surface area contributed by atoms with Gasteiger partial charge in [0.2, 0.25) is 0 Å². The second-order valence-electron chi connectivity index (χ2n) is 10.6. The summed E-state index contributed by atoms with van der Waals surface area (Å²) in [6, 6.07) is 7.60. The summed E-state index contributed by atoms with van der Waals surface area (Å²) in [6.07, 6.45) is 0.874. The molecule has 0 aliphatic carbocycles. The molecular weight excluding hydrogens is 596 g/mol. The fourth-order valence-electron chi connectivity index (χ4n) is 5.67. The number of hydrogen-bond acceptors (Lipinski definition) is 7. The van der Waals surface area contributed by atoms with Crippen LogP contribution in [-0.4, -0.2) is 110 Å². The lowest BCUT2D eigenvalue weighted by atomic mass is 9.97. The topological polar surface area (TPSA) is 88.6 Å². The predicted molar refractivity (Wildman–Crippen MR) is 157 cm³/mol. The van der Waals surface area contributed by atoms with Crippen molar-refractivity contribution in [3.63, 3.8) is 0 Å². The van der Waals surface area contributed by atoms with E-state index in [1.165, 1.54) is 28.6 Å². The highest BCUT2D eigenvalue weighted by atomic mass is 35.5. The lowest BCUT2D eigenvalue weighted by Gasteiger charge is -2.47. The van der Waals surface area contributed by atoms with Gasteiger partial charge < -0.3 is 9.64 Å². The summed E-state index contributed by atoms with van der Waals surface area (Å²) in [4.78, 5) is 17.7. The first-order valence-corrected chi connectivity index (χ1v) is 16.4. The Hall–Kier alpha value is -1.97. The van der Waals surface area contributed by atoms with Gasteiger partial charge in [0.05, 0.1) is 4.90 Å². The third kappa shape index (κ3) is 6.37. The van der Waals surface area contributed by atoms with E-state index < -0.39 is 50.5 Å². The molecule has 0 aromatic heterocycles. The van der Waals surface area contributed by atoms with Gasteiger partial charge in [0, 0.05) is 62.6 Å². The number of carbonyl (C=O) groups excluding carboxylic acids is 1. The smallest absolute Gasteiger partial charge is 0.266 e. The first kappa shape index (κ1) is 30.5. The number of halogens is 3. The molecule has 5 rings (SSSR count). The Bertz CT molecular complexity index is 1310. The average Bonchev–Trinajstić information content (AvgIpc) is 3.20. The molecular formula is C27H34ClF2N5O4S2. The molecule has 2 aromatic carbocycles. The number of fused-ring (bicyclic) bond motifs is 2. The third-order valence-electron chi connectivity index (χ3n) is 8.01. The van der Waals surface area contributed by atoms with Gasteiger partial charge in [-0.15, -0.1) is 10.7 Å². The van der Waals surface area contributed by atoms with Crippen LogP contribution >= 0.6 is 22.3 Å². The van der Waals surface area contributed by atoms with Gasteiger partial charge in [-0.1, -0.05) is 17.5 Å². The van der Waals surface area contributed by atoms with E-state index >= 15 is 8.78 Å². The molecule has 3 saturated heterocycles. The summed E-state index contributed by atoms with van der Waals surface area (Å²) in [5, 5.41) is 10.1. The number of likely N-dealkylation sites (N-methyl/N-ethyl adjacent to an activating group) is 1. The summed E-state index contributed by atoms with van der Waals surface area (Å²) in [7, 11) is -0.404. The van der Waals surface area contributed by atoms with E-state index in [1.807, 2.05) is 0 Å². The standard InChI is InChI=1S/C27H34ClF2N5O4S2/c1-32-9-11-33(12-10-32)13-14-40(2)34-17-20-7-8-27(18-34,26(36)31-37)35(20)41(38)22-15-23(29)25(24(30)16-22)39-21-5-3-19(28)4-6-21/h3-6,15-16,20,37H,2,7-14,17-18H2,1H3,(H,31,36). The van der Waals surface area contributed by atoms with Gasteiger partial charge in [0.25, 0.3) is 5.91 Å². The lowest BCUT2D eigenvalue weighted by Crippen LogP contribution is -2.66. The molecule has 3 fully saturated rings. The number of rotatable bonds is 9. The molecule has 2 aromatic rings. The fraction of sp³-hybridized carbons (Fsp3) is 0.481. The zero-order chi connectivity index (χ0) is 29.3. The highest BCUT2D eigenvalue weighted by Crippen LogP contribution is 2.45. The summed E-state index contributed by atoms with van der Waals surface area (Å²) in [6.45, 7) is 5.62. The van der Waals surface area contributed by atoms with Crippen LogP contribution in [0.25, 0.3) is 0 Å². The van der Waals surface area contributed by atoms with Crippen LogP contribution in [0.1, 0.15) is 12.8 Å². The van der Waals surface area contributed by atoms with Gasteiger partial charge in [0.15, 0.2) is 17.4 Å². The largest absolute Gasteiger partial charge is 0.451 e. The highest BCUT2D eigenvalue weighted by molar-refractivity contribution is 8.12. The molecule has 9 nitrogen and oxygen atoms in total. The Morgan fingerprint density at radius 3 is 2.49 bits per heavy atom. The van der Waals surface area contributed by atoms with Crippen molar-refractivity contribution >= 4 is 45.0 Å². The fourth-order valence-corrected chi connectivity index (χ4v) is 8.93. The van der Waals surface area contributed by atoms with Crippen molar-refractivity contribution in [2.75, 3.05) is 58.6 Å². The molecule has 1 amide bonds. The Morgan fingerprint density at radius 1 is 1.20 bits per heavy atom. The first-order valence-electron chi connectivity index (χ1n) is 13.4. The van der Waals surface area contributed by atoms with E-state index in [0.29, 0.717) is 24.4 Å². The molecule has 224 valence electrons. The molecule has 4 unspecified atom stereocenters. The Morgan fingerprint density at radius 2 is 1.85 bits per heavy atom. The SMILES string of the molecule is C=S(CCN1CCN(C)CC1)N1CC2CCC(C(=O)NO)(C1)N2S(=O)c1cc(F)c(Oc2ccc(Cl)cc2)c(F)c1. The van der Waals surface area contributed by atoms with E-state index in [0.717, 1.165) is 50.6 Å². The molecule has 0 spiro atoms. The minimum Gasteiger partial charge on any atom is -0.451 e. The van der Waals surface area contributed by atoms with Crippen LogP contribution in [0.3, 0.4) is 0 Å². The van der Waals surface area contributed by atoms with Crippen LogP contribution in [0.15, 0.2) is 41.3 Å². The molecule has 0 saturated carbocycles. The number of carbonyl (C=O) groups is 1. The van der Waals surface area contributed by atoms with E-state index in [1.54, 1.807) is 5.48 Å². The third-order valence-corrected chi connectivity index (χ3v) is 11.6. The van der Waals surface area contributed by atoms with Crippen LogP contribution < -0.4 is 10.2 Å². The van der Waals surface area contributed by atoms with Crippen LogP contribution in [0.4, 0.5) is 8.78 Å². The summed E-state index contributed by atoms with van der Waals surface area (Å²) < 4.78 is 53.0. The van der Waals surface area contributed by atoms with Crippen molar-refractivity contribution in [2.45, 2.75) is 29.3 Å². The van der Waals surface area contributed by atoms with Crippen molar-refractivity contribution in [1.29, 1.82) is 0 Å². The summed E-state index contributed by atoms with van der Waals surface area (Å²) >= 11 is 5.86. The lowest BCUT2D eigenvalue weighted by molar-refractivity contribution is -0.140. The minimum absolute atomic E-state index is 0.136. The maximum Gasteiger partial charge on any atom is 0.266 e. The van der Waals surface area contributed by atoms with Gasteiger partial charge >= 0.3 is 0 Å². The van der Waals surface area contributed by atoms with Crippen molar-refractivity contribution < 1.29 is 27.7 Å². The van der Waals surface area contributed by atoms with Crippen LogP contribution in [0, 0.1) is 11.6 Å². The second kappa shape index (κ2) is 12.7. The van der Waals surface area contributed by atoms with Crippen molar-refractivity contribution in [1.82, 2.24) is 23.9 Å². The summed E-state index contributed by atoms with van der Waals surface area (Å²) in [5.74, 6) is 2.00. The van der Waals surface area contributed by atoms with Gasteiger partial charge in [0.1, 0.15) is 22.3 Å². The molecule has 14 heteroatoms. The normalized spacial score (nSPS) is 25.6. The number of ether oxygens (including phenoxy) is 1. The Labute approximate surface area is 248 Å². The number of nitrogens with zero attached hydrogens (tertiary/aromatic N) is 4. The van der Waals surface area contributed by atoms with Crippen molar-refractivity contribution in [3.8, 4) is 11.5 Å². The quantitative estimate of drug-likeness (QED) is 0.250. The molecule has 0 radical (unpaired) electrons. The number of amides is 1. The number of nitrogens with one attached hydrogen (secondary N) is 1. The maximum absolute atomic E-state index is 15.1. The monoisotopic (exact) mass is 629 g/mol. The number of piperazine rings is 2. The zero-order valence-electron chi connectivity index (χ0n) is 22.7.